The van der Waals surface area contributed by atoms with E-state index in [1.165, 1.54) is 0 Å². The number of hydrogen-bond donors (Lipinski definition) is 1. The molecule has 0 saturated carbocycles. The standard InChI is InChI=1S/C13H25N3O2/c1-11-7-4-5-10-16(11)13(18)12(17)14-8-6-9-15(2)3/h11H,4-10H2,1-3H3,(H,14,17). The predicted molar refractivity (Wildman–Crippen MR) is 71.2 cm³/mol. The second kappa shape index (κ2) is 7.36. The normalized spacial score (nSPS) is 20.0. The molecular weight excluding hydrogens is 230 g/mol. The summed E-state index contributed by atoms with van der Waals surface area (Å²) in [6.45, 7) is 4.20. The Labute approximate surface area is 110 Å². The highest BCUT2D eigenvalue weighted by molar-refractivity contribution is 6.35. The molecule has 0 aromatic carbocycles. The molecule has 1 heterocycles. The summed E-state index contributed by atoms with van der Waals surface area (Å²) < 4.78 is 0. The molecule has 0 aromatic heterocycles. The van der Waals surface area contributed by atoms with Crippen molar-refractivity contribution in [2.24, 2.45) is 0 Å². The van der Waals surface area contributed by atoms with Gasteiger partial charge in [-0.25, -0.2) is 0 Å². The molecule has 0 aromatic rings. The van der Waals surface area contributed by atoms with Gasteiger partial charge in [-0.15, -0.1) is 0 Å². The molecule has 0 aliphatic carbocycles. The first kappa shape index (κ1) is 15.0. The van der Waals surface area contributed by atoms with Crippen molar-refractivity contribution in [3.63, 3.8) is 0 Å². The van der Waals surface area contributed by atoms with Crippen molar-refractivity contribution in [2.75, 3.05) is 33.7 Å². The molecule has 18 heavy (non-hydrogen) atoms. The molecule has 0 radical (unpaired) electrons. The number of hydrogen-bond acceptors (Lipinski definition) is 3. The summed E-state index contributed by atoms with van der Waals surface area (Å²) >= 11 is 0. The van der Waals surface area contributed by atoms with Gasteiger partial charge in [0.25, 0.3) is 0 Å². The van der Waals surface area contributed by atoms with Gasteiger partial charge in [-0.1, -0.05) is 0 Å². The number of nitrogens with zero attached hydrogens (tertiary/aromatic N) is 2. The summed E-state index contributed by atoms with van der Waals surface area (Å²) in [4.78, 5) is 27.4. The van der Waals surface area contributed by atoms with Crippen LogP contribution in [0.15, 0.2) is 0 Å². The lowest BCUT2D eigenvalue weighted by Gasteiger charge is -2.32. The van der Waals surface area contributed by atoms with Crippen LogP contribution in [0.2, 0.25) is 0 Å². The largest absolute Gasteiger partial charge is 0.348 e. The molecule has 104 valence electrons. The van der Waals surface area contributed by atoms with Crippen LogP contribution in [0.1, 0.15) is 32.6 Å². The molecule has 5 heteroatoms. The van der Waals surface area contributed by atoms with Gasteiger partial charge in [0.2, 0.25) is 0 Å². The average Bonchev–Trinajstić information content (AvgIpc) is 2.34. The van der Waals surface area contributed by atoms with Crippen molar-refractivity contribution in [3.05, 3.63) is 0 Å². The maximum absolute atomic E-state index is 11.9. The van der Waals surface area contributed by atoms with E-state index in [0.29, 0.717) is 13.1 Å². The van der Waals surface area contributed by atoms with Gasteiger partial charge < -0.3 is 15.1 Å². The molecule has 1 fully saturated rings. The van der Waals surface area contributed by atoms with Crippen LogP contribution in [0.3, 0.4) is 0 Å². The zero-order valence-electron chi connectivity index (χ0n) is 11.7. The fraction of sp³-hybridized carbons (Fsp3) is 0.846. The minimum Gasteiger partial charge on any atom is -0.348 e. The topological polar surface area (TPSA) is 52.7 Å². The second-order valence-corrected chi connectivity index (χ2v) is 5.26. The Bertz CT molecular complexity index is 292. The van der Waals surface area contributed by atoms with Gasteiger partial charge in [-0.2, -0.15) is 0 Å². The highest BCUT2D eigenvalue weighted by Gasteiger charge is 2.27. The molecule has 5 nitrogen and oxygen atoms in total. The van der Waals surface area contributed by atoms with Gasteiger partial charge in [0.1, 0.15) is 0 Å². The molecule has 0 spiro atoms. The van der Waals surface area contributed by atoms with Crippen molar-refractivity contribution in [2.45, 2.75) is 38.6 Å². The van der Waals surface area contributed by atoms with E-state index in [-0.39, 0.29) is 11.9 Å². The minimum absolute atomic E-state index is 0.193. The van der Waals surface area contributed by atoms with Gasteiger partial charge in [0, 0.05) is 19.1 Å². The third-order valence-electron chi connectivity index (χ3n) is 3.33. The summed E-state index contributed by atoms with van der Waals surface area (Å²) in [5, 5.41) is 2.70. The van der Waals surface area contributed by atoms with E-state index in [0.717, 1.165) is 32.2 Å². The van der Waals surface area contributed by atoms with E-state index in [4.69, 9.17) is 0 Å². The highest BCUT2D eigenvalue weighted by Crippen LogP contribution is 2.16. The van der Waals surface area contributed by atoms with Crippen LogP contribution in [-0.2, 0) is 9.59 Å². The van der Waals surface area contributed by atoms with Crippen LogP contribution >= 0.6 is 0 Å². The smallest absolute Gasteiger partial charge is 0.312 e. The van der Waals surface area contributed by atoms with Crippen LogP contribution in [-0.4, -0.2) is 61.4 Å². The van der Waals surface area contributed by atoms with Gasteiger partial charge in [-0.05, 0) is 53.2 Å². The lowest BCUT2D eigenvalue weighted by atomic mass is 10.0. The van der Waals surface area contributed by atoms with E-state index >= 15 is 0 Å². The van der Waals surface area contributed by atoms with Crippen LogP contribution in [0.4, 0.5) is 0 Å². The maximum atomic E-state index is 11.9. The molecule has 1 saturated heterocycles. The first-order valence-electron chi connectivity index (χ1n) is 6.76. The highest BCUT2D eigenvalue weighted by atomic mass is 16.2. The minimum atomic E-state index is -0.456. The summed E-state index contributed by atoms with van der Waals surface area (Å²) in [7, 11) is 3.98. The molecule has 1 atom stereocenters. The average molecular weight is 255 g/mol. The number of likely N-dealkylation sites (tertiary alicyclic amines) is 1. The third kappa shape index (κ3) is 4.64. The summed E-state index contributed by atoms with van der Waals surface area (Å²) in [5.41, 5.74) is 0. The summed E-state index contributed by atoms with van der Waals surface area (Å²) in [6, 6.07) is 0.193. The Kier molecular flexibility index (Phi) is 6.12. The van der Waals surface area contributed by atoms with E-state index in [9.17, 15) is 9.59 Å². The molecule has 1 unspecified atom stereocenters. The van der Waals surface area contributed by atoms with E-state index in [2.05, 4.69) is 10.2 Å². The molecule has 1 aliphatic rings. The van der Waals surface area contributed by atoms with Crippen molar-refractivity contribution < 1.29 is 9.59 Å². The second-order valence-electron chi connectivity index (χ2n) is 5.26. The zero-order valence-corrected chi connectivity index (χ0v) is 11.7. The van der Waals surface area contributed by atoms with Gasteiger partial charge in [0.05, 0.1) is 0 Å². The van der Waals surface area contributed by atoms with Gasteiger partial charge in [-0.3, -0.25) is 9.59 Å². The fourth-order valence-corrected chi connectivity index (χ4v) is 2.20. The first-order valence-corrected chi connectivity index (χ1v) is 6.76. The number of nitrogens with one attached hydrogen (secondary N) is 1. The van der Waals surface area contributed by atoms with Crippen LogP contribution in [0.5, 0.6) is 0 Å². The number of rotatable bonds is 4. The SMILES string of the molecule is CC1CCCCN1C(=O)C(=O)NCCCN(C)C. The number of piperidine rings is 1. The monoisotopic (exact) mass is 255 g/mol. The predicted octanol–water partition coefficient (Wildman–Crippen LogP) is 0.455. The Balaban J connectivity index is 2.30. The molecule has 1 rings (SSSR count). The van der Waals surface area contributed by atoms with E-state index < -0.39 is 5.91 Å². The molecular formula is C13H25N3O2. The Morgan fingerprint density at radius 1 is 1.33 bits per heavy atom. The van der Waals surface area contributed by atoms with Gasteiger partial charge in [0.15, 0.2) is 0 Å². The number of amides is 2. The molecule has 2 amide bonds. The Hall–Kier alpha value is -1.10. The van der Waals surface area contributed by atoms with Crippen molar-refractivity contribution >= 4 is 11.8 Å². The van der Waals surface area contributed by atoms with Crippen molar-refractivity contribution in [1.82, 2.24) is 15.1 Å². The van der Waals surface area contributed by atoms with Crippen LogP contribution in [0, 0.1) is 0 Å². The summed E-state index contributed by atoms with van der Waals surface area (Å²) in [5.74, 6) is -0.824. The lowest BCUT2D eigenvalue weighted by molar-refractivity contribution is -0.148. The third-order valence-corrected chi connectivity index (χ3v) is 3.33. The quantitative estimate of drug-likeness (QED) is 0.586. The Morgan fingerprint density at radius 3 is 2.67 bits per heavy atom. The van der Waals surface area contributed by atoms with Crippen molar-refractivity contribution in [1.29, 1.82) is 0 Å². The zero-order chi connectivity index (χ0) is 13.5. The molecule has 0 bridgehead atoms. The van der Waals surface area contributed by atoms with Gasteiger partial charge >= 0.3 is 11.8 Å². The Morgan fingerprint density at radius 2 is 2.06 bits per heavy atom. The maximum Gasteiger partial charge on any atom is 0.312 e. The summed E-state index contributed by atoms with van der Waals surface area (Å²) in [6.07, 6.45) is 4.01. The molecule has 1 N–H and O–H groups in total. The van der Waals surface area contributed by atoms with E-state index in [1.54, 1.807) is 4.90 Å². The number of carbonyl (C=O) groups is 2. The van der Waals surface area contributed by atoms with E-state index in [1.807, 2.05) is 21.0 Å². The molecule has 1 aliphatic heterocycles. The lowest BCUT2D eigenvalue weighted by Crippen LogP contribution is -2.49. The van der Waals surface area contributed by atoms with Crippen LogP contribution in [0.25, 0.3) is 0 Å². The first-order chi connectivity index (χ1) is 8.52. The van der Waals surface area contributed by atoms with Crippen LogP contribution < -0.4 is 5.32 Å². The fourth-order valence-electron chi connectivity index (χ4n) is 2.20. The van der Waals surface area contributed by atoms with Crippen molar-refractivity contribution in [3.8, 4) is 0 Å². The number of carbonyl (C=O) groups excluding carboxylic acids is 2.